The number of aliphatic hydroxyl groups is 1. The van der Waals surface area contributed by atoms with Crippen LogP contribution in [-0.2, 0) is 5.60 Å². The van der Waals surface area contributed by atoms with Crippen molar-refractivity contribution in [2.75, 3.05) is 52.9 Å². The first-order chi connectivity index (χ1) is 14.5. The zero-order valence-corrected chi connectivity index (χ0v) is 21.9. The van der Waals surface area contributed by atoms with E-state index in [9.17, 15) is 5.11 Å². The fourth-order valence-corrected chi connectivity index (χ4v) is 4.72. The van der Waals surface area contributed by atoms with Crippen LogP contribution in [0.15, 0.2) is 35.3 Å². The van der Waals surface area contributed by atoms with E-state index in [1.165, 1.54) is 45.2 Å². The zero-order valence-electron chi connectivity index (χ0n) is 19.6. The van der Waals surface area contributed by atoms with E-state index in [2.05, 4.69) is 34.4 Å². The van der Waals surface area contributed by atoms with Crippen molar-refractivity contribution in [1.82, 2.24) is 20.4 Å². The Morgan fingerprint density at radius 1 is 1.06 bits per heavy atom. The summed E-state index contributed by atoms with van der Waals surface area (Å²) >= 11 is 0. The average Bonchev–Trinajstić information content (AvgIpc) is 2.78. The van der Waals surface area contributed by atoms with Gasteiger partial charge in [-0.05, 0) is 78.3 Å². The molecule has 2 heterocycles. The Bertz CT molecular complexity index is 668. The number of likely N-dealkylation sites (tertiary alicyclic amines) is 2. The molecule has 176 valence electrons. The predicted octanol–water partition coefficient (Wildman–Crippen LogP) is 3.02. The highest BCUT2D eigenvalue weighted by Gasteiger charge is 2.39. The lowest BCUT2D eigenvalue weighted by Crippen LogP contribution is -2.62. The third-order valence-electron chi connectivity index (χ3n) is 6.81. The van der Waals surface area contributed by atoms with Gasteiger partial charge in [-0.15, -0.1) is 24.0 Å². The van der Waals surface area contributed by atoms with Crippen molar-refractivity contribution in [3.63, 3.8) is 0 Å². The van der Waals surface area contributed by atoms with Gasteiger partial charge in [0.2, 0.25) is 0 Å². The highest BCUT2D eigenvalue weighted by Crippen LogP contribution is 2.31. The van der Waals surface area contributed by atoms with Gasteiger partial charge in [0.1, 0.15) is 5.60 Å². The Balaban J connectivity index is 0.00000341. The lowest BCUT2D eigenvalue weighted by atomic mass is 9.84. The number of benzene rings is 1. The molecule has 2 fully saturated rings. The van der Waals surface area contributed by atoms with E-state index in [0.717, 1.165) is 37.7 Å². The molecule has 2 saturated heterocycles. The van der Waals surface area contributed by atoms with Gasteiger partial charge in [-0.1, -0.05) is 36.8 Å². The van der Waals surface area contributed by atoms with E-state index in [1.54, 1.807) is 0 Å². The molecule has 3 N–H and O–H groups in total. The molecule has 7 heteroatoms. The summed E-state index contributed by atoms with van der Waals surface area (Å²) in [5.74, 6) is 0.795. The van der Waals surface area contributed by atoms with Crippen molar-refractivity contribution in [2.24, 2.45) is 4.99 Å². The van der Waals surface area contributed by atoms with Crippen molar-refractivity contribution in [3.8, 4) is 0 Å². The summed E-state index contributed by atoms with van der Waals surface area (Å²) < 4.78 is 0. The maximum atomic E-state index is 10.9. The molecule has 1 aromatic rings. The van der Waals surface area contributed by atoms with Gasteiger partial charge in [-0.25, -0.2) is 4.99 Å². The van der Waals surface area contributed by atoms with Crippen LogP contribution in [0.2, 0.25) is 0 Å². The van der Waals surface area contributed by atoms with Gasteiger partial charge in [0, 0.05) is 18.6 Å². The first kappa shape index (κ1) is 26.4. The quantitative estimate of drug-likeness (QED) is 0.281. The number of rotatable bonds is 7. The first-order valence-corrected chi connectivity index (χ1v) is 11.7. The lowest BCUT2D eigenvalue weighted by Gasteiger charge is -2.50. The average molecular weight is 544 g/mol. The summed E-state index contributed by atoms with van der Waals surface area (Å²) in [7, 11) is 2.23. The molecule has 1 atom stereocenters. The molecule has 0 radical (unpaired) electrons. The van der Waals surface area contributed by atoms with Crippen LogP contribution in [0, 0.1) is 0 Å². The van der Waals surface area contributed by atoms with Gasteiger partial charge in [-0.3, -0.25) is 4.90 Å². The number of hydrogen-bond donors (Lipinski definition) is 3. The number of piperidine rings is 2. The Morgan fingerprint density at radius 3 is 2.32 bits per heavy atom. The number of nitrogens with one attached hydrogen (secondary N) is 2. The molecule has 1 unspecified atom stereocenters. The molecule has 6 nitrogen and oxygen atoms in total. The van der Waals surface area contributed by atoms with Crippen molar-refractivity contribution >= 4 is 29.9 Å². The molecule has 0 bridgehead atoms. The Kier molecular flexibility index (Phi) is 10.5. The van der Waals surface area contributed by atoms with Crippen molar-refractivity contribution in [1.29, 1.82) is 0 Å². The SMILES string of the molecule is CCNC(=NCC(C)(O)c1ccccc1)NCC1(N2CCCCC2)CCN(C)CC1.I. The molecule has 0 amide bonds. The highest BCUT2D eigenvalue weighted by atomic mass is 127. The summed E-state index contributed by atoms with van der Waals surface area (Å²) in [6, 6.07) is 9.80. The number of nitrogens with zero attached hydrogens (tertiary/aromatic N) is 3. The lowest BCUT2D eigenvalue weighted by molar-refractivity contribution is 0.0172. The monoisotopic (exact) mass is 543 g/mol. The molecular weight excluding hydrogens is 501 g/mol. The third kappa shape index (κ3) is 7.30. The van der Waals surface area contributed by atoms with Gasteiger partial charge in [-0.2, -0.15) is 0 Å². The third-order valence-corrected chi connectivity index (χ3v) is 6.81. The maximum absolute atomic E-state index is 10.9. The van der Waals surface area contributed by atoms with Crippen molar-refractivity contribution < 1.29 is 5.11 Å². The van der Waals surface area contributed by atoms with E-state index in [-0.39, 0.29) is 29.5 Å². The second-order valence-electron chi connectivity index (χ2n) is 9.26. The van der Waals surface area contributed by atoms with Crippen LogP contribution in [0.5, 0.6) is 0 Å². The van der Waals surface area contributed by atoms with Crippen LogP contribution in [0.3, 0.4) is 0 Å². The summed E-state index contributed by atoms with van der Waals surface area (Å²) in [6.07, 6.45) is 6.37. The Labute approximate surface area is 205 Å². The molecule has 0 aliphatic carbocycles. The van der Waals surface area contributed by atoms with Crippen LogP contribution in [0.4, 0.5) is 0 Å². The standard InChI is InChI=1S/C24H41N5O.HI/c1-4-25-22(26-19-23(2,30)21-11-7-5-8-12-21)27-20-24(13-17-28(3)18-14-24)29-15-9-6-10-16-29;/h5,7-8,11-12,30H,4,6,9-10,13-20H2,1-3H3,(H2,25,26,27);1H. The number of guanidine groups is 1. The van der Waals surface area contributed by atoms with Crippen LogP contribution >= 0.6 is 24.0 Å². The van der Waals surface area contributed by atoms with Gasteiger partial charge in [0.05, 0.1) is 6.54 Å². The van der Waals surface area contributed by atoms with Crippen LogP contribution in [0.1, 0.15) is 51.5 Å². The number of hydrogen-bond acceptors (Lipinski definition) is 4. The Hall–Kier alpha value is -0.900. The van der Waals surface area contributed by atoms with E-state index < -0.39 is 5.60 Å². The van der Waals surface area contributed by atoms with E-state index in [1.807, 2.05) is 37.3 Å². The molecule has 3 rings (SSSR count). The molecule has 0 spiro atoms. The summed E-state index contributed by atoms with van der Waals surface area (Å²) in [5.41, 5.74) is 0.108. The van der Waals surface area contributed by atoms with Gasteiger partial charge in [0.25, 0.3) is 0 Å². The minimum atomic E-state index is -0.984. The van der Waals surface area contributed by atoms with Gasteiger partial charge < -0.3 is 20.6 Å². The second kappa shape index (κ2) is 12.4. The smallest absolute Gasteiger partial charge is 0.191 e. The first-order valence-electron chi connectivity index (χ1n) is 11.7. The van der Waals surface area contributed by atoms with Crippen LogP contribution in [0.25, 0.3) is 0 Å². The predicted molar refractivity (Wildman–Crippen MR) is 140 cm³/mol. The van der Waals surface area contributed by atoms with Crippen molar-refractivity contribution in [3.05, 3.63) is 35.9 Å². The summed E-state index contributed by atoms with van der Waals surface area (Å²) in [6.45, 7) is 10.7. The van der Waals surface area contributed by atoms with Crippen LogP contribution in [-0.4, -0.2) is 79.3 Å². The van der Waals surface area contributed by atoms with Crippen molar-refractivity contribution in [2.45, 2.75) is 57.1 Å². The molecule has 2 aliphatic heterocycles. The minimum Gasteiger partial charge on any atom is -0.384 e. The molecule has 0 saturated carbocycles. The molecule has 31 heavy (non-hydrogen) atoms. The highest BCUT2D eigenvalue weighted by molar-refractivity contribution is 14.0. The van der Waals surface area contributed by atoms with E-state index in [0.29, 0.717) is 6.54 Å². The normalized spacial score (nSPS) is 22.3. The number of halogens is 1. The molecule has 2 aliphatic rings. The molecule has 0 aromatic heterocycles. The summed E-state index contributed by atoms with van der Waals surface area (Å²) in [4.78, 5) is 9.93. The largest absolute Gasteiger partial charge is 0.384 e. The topological polar surface area (TPSA) is 63.1 Å². The zero-order chi connectivity index (χ0) is 21.5. The van der Waals surface area contributed by atoms with E-state index in [4.69, 9.17) is 4.99 Å². The Morgan fingerprint density at radius 2 is 1.71 bits per heavy atom. The van der Waals surface area contributed by atoms with Crippen LogP contribution < -0.4 is 10.6 Å². The van der Waals surface area contributed by atoms with E-state index >= 15 is 0 Å². The molecule has 1 aromatic carbocycles. The fraction of sp³-hybridized carbons (Fsp3) is 0.708. The fourth-order valence-electron chi connectivity index (χ4n) is 4.72. The van der Waals surface area contributed by atoms with Gasteiger partial charge >= 0.3 is 0 Å². The maximum Gasteiger partial charge on any atom is 0.191 e. The summed E-state index contributed by atoms with van der Waals surface area (Å²) in [5, 5.41) is 17.9. The molecular formula is C24H42IN5O. The van der Waals surface area contributed by atoms with Gasteiger partial charge in [0.15, 0.2) is 5.96 Å². The second-order valence-corrected chi connectivity index (χ2v) is 9.26. The minimum absolute atomic E-state index is 0. The number of aliphatic imine (C=N–C) groups is 1.